The van der Waals surface area contributed by atoms with Crippen molar-refractivity contribution in [3.8, 4) is 11.1 Å². The minimum atomic E-state index is -3.56. The standard InChI is InChI=1S/C22H20N2O2S/c25-27(26,20-10-6-9-18(15-20)17-7-2-1-3-8-17)24-14-13-19-16-23-22-12-5-4-11-21(19)22/h1-12,15-16,23-24H,13-14H2. The molecule has 0 radical (unpaired) electrons. The van der Waals surface area contributed by atoms with E-state index in [-0.39, 0.29) is 4.90 Å². The second-order valence-electron chi connectivity index (χ2n) is 6.40. The van der Waals surface area contributed by atoms with Crippen molar-refractivity contribution in [2.24, 2.45) is 0 Å². The largest absolute Gasteiger partial charge is 0.361 e. The number of hydrogen-bond acceptors (Lipinski definition) is 2. The van der Waals surface area contributed by atoms with Crippen LogP contribution in [-0.2, 0) is 16.4 Å². The Morgan fingerprint density at radius 2 is 1.56 bits per heavy atom. The summed E-state index contributed by atoms with van der Waals surface area (Å²) < 4.78 is 28.1. The third-order valence-electron chi connectivity index (χ3n) is 4.61. The van der Waals surface area contributed by atoms with Crippen molar-refractivity contribution >= 4 is 20.9 Å². The lowest BCUT2D eigenvalue weighted by Crippen LogP contribution is -2.26. The van der Waals surface area contributed by atoms with Gasteiger partial charge in [0, 0.05) is 23.6 Å². The summed E-state index contributed by atoms with van der Waals surface area (Å²) in [5.41, 5.74) is 4.04. The van der Waals surface area contributed by atoms with Gasteiger partial charge in [-0.05, 0) is 41.3 Å². The molecule has 0 aliphatic heterocycles. The molecule has 4 rings (SSSR count). The lowest BCUT2D eigenvalue weighted by atomic mass is 10.1. The molecular formula is C22H20N2O2S. The van der Waals surface area contributed by atoms with E-state index in [4.69, 9.17) is 0 Å². The molecule has 0 saturated heterocycles. The summed E-state index contributed by atoms with van der Waals surface area (Å²) in [4.78, 5) is 3.50. The molecule has 4 aromatic rings. The molecule has 5 heteroatoms. The maximum atomic E-state index is 12.7. The van der Waals surface area contributed by atoms with Gasteiger partial charge in [-0.2, -0.15) is 0 Å². The second kappa shape index (κ2) is 7.39. The number of H-pyrrole nitrogens is 1. The molecule has 0 spiro atoms. The van der Waals surface area contributed by atoms with E-state index in [2.05, 4.69) is 9.71 Å². The van der Waals surface area contributed by atoms with Gasteiger partial charge in [-0.25, -0.2) is 13.1 Å². The van der Waals surface area contributed by atoms with Gasteiger partial charge < -0.3 is 4.98 Å². The van der Waals surface area contributed by atoms with Crippen molar-refractivity contribution in [2.45, 2.75) is 11.3 Å². The van der Waals surface area contributed by atoms with E-state index in [0.29, 0.717) is 13.0 Å². The molecule has 0 unspecified atom stereocenters. The molecule has 0 saturated carbocycles. The number of aromatic amines is 1. The second-order valence-corrected chi connectivity index (χ2v) is 8.17. The van der Waals surface area contributed by atoms with Gasteiger partial charge in [0.2, 0.25) is 10.0 Å². The number of hydrogen-bond donors (Lipinski definition) is 2. The normalized spacial score (nSPS) is 11.7. The van der Waals surface area contributed by atoms with E-state index < -0.39 is 10.0 Å². The molecule has 0 aliphatic rings. The Kier molecular flexibility index (Phi) is 4.79. The highest BCUT2D eigenvalue weighted by atomic mass is 32.2. The first-order chi connectivity index (χ1) is 13.1. The van der Waals surface area contributed by atoms with E-state index in [1.54, 1.807) is 18.2 Å². The molecule has 1 aromatic heterocycles. The van der Waals surface area contributed by atoms with Gasteiger partial charge in [-0.1, -0.05) is 60.7 Å². The quantitative estimate of drug-likeness (QED) is 0.525. The van der Waals surface area contributed by atoms with Gasteiger partial charge in [0.15, 0.2) is 0 Å². The van der Waals surface area contributed by atoms with E-state index >= 15 is 0 Å². The number of rotatable bonds is 6. The molecule has 136 valence electrons. The van der Waals surface area contributed by atoms with Crippen LogP contribution in [0, 0.1) is 0 Å². The van der Waals surface area contributed by atoms with Crippen molar-refractivity contribution in [1.82, 2.24) is 9.71 Å². The van der Waals surface area contributed by atoms with Crippen molar-refractivity contribution in [1.29, 1.82) is 0 Å². The Labute approximate surface area is 158 Å². The Morgan fingerprint density at radius 1 is 0.815 bits per heavy atom. The molecule has 27 heavy (non-hydrogen) atoms. The van der Waals surface area contributed by atoms with E-state index in [0.717, 1.165) is 27.6 Å². The molecule has 1 heterocycles. The van der Waals surface area contributed by atoms with Crippen LogP contribution in [0.4, 0.5) is 0 Å². The molecule has 3 aromatic carbocycles. The highest BCUT2D eigenvalue weighted by molar-refractivity contribution is 7.89. The summed E-state index contributed by atoms with van der Waals surface area (Å²) >= 11 is 0. The average molecular weight is 376 g/mol. The zero-order valence-corrected chi connectivity index (χ0v) is 15.5. The van der Waals surface area contributed by atoms with Crippen LogP contribution in [0.5, 0.6) is 0 Å². The molecule has 0 aliphatic carbocycles. The Balaban J connectivity index is 1.49. The van der Waals surface area contributed by atoms with Crippen LogP contribution in [0.2, 0.25) is 0 Å². The number of fused-ring (bicyclic) bond motifs is 1. The predicted molar refractivity (Wildman–Crippen MR) is 109 cm³/mol. The minimum Gasteiger partial charge on any atom is -0.361 e. The molecule has 4 nitrogen and oxygen atoms in total. The number of aromatic nitrogens is 1. The monoisotopic (exact) mass is 376 g/mol. The molecule has 0 atom stereocenters. The van der Waals surface area contributed by atoms with Crippen LogP contribution in [0.1, 0.15) is 5.56 Å². The highest BCUT2D eigenvalue weighted by Gasteiger charge is 2.14. The summed E-state index contributed by atoms with van der Waals surface area (Å²) in [5, 5.41) is 1.13. The van der Waals surface area contributed by atoms with Crippen LogP contribution in [-0.4, -0.2) is 19.9 Å². The fourth-order valence-electron chi connectivity index (χ4n) is 3.22. The van der Waals surface area contributed by atoms with Gasteiger partial charge >= 0.3 is 0 Å². The average Bonchev–Trinajstić information content (AvgIpc) is 3.12. The molecule has 0 amide bonds. The highest BCUT2D eigenvalue weighted by Crippen LogP contribution is 2.22. The molecular weight excluding hydrogens is 356 g/mol. The third-order valence-corrected chi connectivity index (χ3v) is 6.07. The van der Waals surface area contributed by atoms with Crippen LogP contribution < -0.4 is 4.72 Å². The van der Waals surface area contributed by atoms with Gasteiger partial charge in [0.1, 0.15) is 0 Å². The Bertz CT molecular complexity index is 1170. The van der Waals surface area contributed by atoms with E-state index in [1.165, 1.54) is 0 Å². The van der Waals surface area contributed by atoms with E-state index in [1.807, 2.05) is 66.9 Å². The van der Waals surface area contributed by atoms with Crippen molar-refractivity contribution in [3.05, 3.63) is 90.6 Å². The number of para-hydroxylation sites is 1. The van der Waals surface area contributed by atoms with Crippen LogP contribution >= 0.6 is 0 Å². The van der Waals surface area contributed by atoms with Gasteiger partial charge in [-0.3, -0.25) is 0 Å². The summed E-state index contributed by atoms with van der Waals surface area (Å²) in [6.07, 6.45) is 2.57. The predicted octanol–water partition coefficient (Wildman–Crippen LogP) is 4.36. The van der Waals surface area contributed by atoms with E-state index in [9.17, 15) is 8.42 Å². The topological polar surface area (TPSA) is 62.0 Å². The van der Waals surface area contributed by atoms with Gasteiger partial charge in [0.05, 0.1) is 4.90 Å². The third kappa shape index (κ3) is 3.79. The SMILES string of the molecule is O=S(=O)(NCCc1c[nH]c2ccccc12)c1cccc(-c2ccccc2)c1. The Hall–Kier alpha value is -2.89. The lowest BCUT2D eigenvalue weighted by Gasteiger charge is -2.09. The van der Waals surface area contributed by atoms with Crippen LogP contribution in [0.3, 0.4) is 0 Å². The summed E-state index contributed by atoms with van der Waals surface area (Å²) in [6.45, 7) is 0.347. The van der Waals surface area contributed by atoms with Crippen LogP contribution in [0.25, 0.3) is 22.0 Å². The zero-order chi connectivity index (χ0) is 18.7. The Morgan fingerprint density at radius 3 is 2.41 bits per heavy atom. The maximum Gasteiger partial charge on any atom is 0.240 e. The summed E-state index contributed by atoms with van der Waals surface area (Å²) in [5.74, 6) is 0. The maximum absolute atomic E-state index is 12.7. The first kappa shape index (κ1) is 17.5. The zero-order valence-electron chi connectivity index (χ0n) is 14.7. The van der Waals surface area contributed by atoms with Crippen LogP contribution in [0.15, 0.2) is 90.0 Å². The molecule has 2 N–H and O–H groups in total. The first-order valence-electron chi connectivity index (χ1n) is 8.84. The summed E-state index contributed by atoms with van der Waals surface area (Å²) in [7, 11) is -3.56. The van der Waals surface area contributed by atoms with Crippen molar-refractivity contribution < 1.29 is 8.42 Å². The smallest absolute Gasteiger partial charge is 0.240 e. The van der Waals surface area contributed by atoms with Crippen molar-refractivity contribution in [3.63, 3.8) is 0 Å². The lowest BCUT2D eigenvalue weighted by molar-refractivity contribution is 0.582. The first-order valence-corrected chi connectivity index (χ1v) is 10.3. The molecule has 0 bridgehead atoms. The number of benzene rings is 3. The van der Waals surface area contributed by atoms with Gasteiger partial charge in [0.25, 0.3) is 0 Å². The minimum absolute atomic E-state index is 0.280. The fourth-order valence-corrected chi connectivity index (χ4v) is 4.29. The number of nitrogens with one attached hydrogen (secondary N) is 2. The fraction of sp³-hybridized carbons (Fsp3) is 0.0909. The number of sulfonamides is 1. The molecule has 0 fully saturated rings. The summed E-state index contributed by atoms with van der Waals surface area (Å²) in [6, 6.07) is 24.8. The van der Waals surface area contributed by atoms with Gasteiger partial charge in [-0.15, -0.1) is 0 Å². The van der Waals surface area contributed by atoms with Crippen molar-refractivity contribution in [2.75, 3.05) is 6.54 Å².